The van der Waals surface area contributed by atoms with Gasteiger partial charge in [0.15, 0.2) is 0 Å². The van der Waals surface area contributed by atoms with E-state index < -0.39 is 10.0 Å². The first-order valence-corrected chi connectivity index (χ1v) is 8.60. The Morgan fingerprint density at radius 1 is 1.25 bits per heavy atom. The van der Waals surface area contributed by atoms with E-state index in [0.717, 1.165) is 25.2 Å². The van der Waals surface area contributed by atoms with Gasteiger partial charge in [-0.1, -0.05) is 13.3 Å². The largest absolute Gasteiger partial charge is 0.355 e. The van der Waals surface area contributed by atoms with Crippen molar-refractivity contribution >= 4 is 27.4 Å². The molecule has 20 heavy (non-hydrogen) atoms. The third kappa shape index (κ3) is 4.33. The molecular weight excluding hydrogens is 298 g/mol. The molecular formula is C13H22ClN3O2S. The van der Waals surface area contributed by atoms with Gasteiger partial charge in [-0.05, 0) is 18.6 Å². The van der Waals surface area contributed by atoms with E-state index in [1.54, 1.807) is 12.1 Å². The van der Waals surface area contributed by atoms with Crippen LogP contribution in [-0.4, -0.2) is 50.8 Å². The van der Waals surface area contributed by atoms with Gasteiger partial charge in [-0.15, -0.1) is 11.6 Å². The van der Waals surface area contributed by atoms with Crippen LogP contribution in [0.1, 0.15) is 19.8 Å². The molecule has 5 nitrogen and oxygen atoms in total. The summed E-state index contributed by atoms with van der Waals surface area (Å²) < 4.78 is 25.1. The Morgan fingerprint density at radius 2 is 1.95 bits per heavy atom. The third-order valence-electron chi connectivity index (χ3n) is 2.96. The lowest BCUT2D eigenvalue weighted by molar-refractivity contribution is 0.520. The van der Waals surface area contributed by atoms with Crippen LogP contribution < -0.4 is 4.90 Å². The predicted molar refractivity (Wildman–Crippen MR) is 83.0 cm³/mol. The number of sulfonamides is 1. The summed E-state index contributed by atoms with van der Waals surface area (Å²) in [4.78, 5) is 6.53. The number of aromatic nitrogens is 1. The van der Waals surface area contributed by atoms with Crippen molar-refractivity contribution in [3.05, 3.63) is 18.3 Å². The van der Waals surface area contributed by atoms with Gasteiger partial charge in [-0.25, -0.2) is 17.7 Å². The summed E-state index contributed by atoms with van der Waals surface area (Å²) in [6, 6.07) is 3.32. The molecule has 1 heterocycles. The second kappa shape index (κ2) is 7.81. The van der Waals surface area contributed by atoms with Gasteiger partial charge >= 0.3 is 0 Å². The molecule has 0 saturated carbocycles. The third-order valence-corrected chi connectivity index (χ3v) is 4.93. The number of hydrogen-bond donors (Lipinski definition) is 0. The molecule has 0 N–H and O–H groups in total. The number of hydrogen-bond acceptors (Lipinski definition) is 4. The van der Waals surface area contributed by atoms with Crippen LogP contribution in [0, 0.1) is 0 Å². The standard InChI is InChI=1S/C13H22ClN3O2S/c1-4-5-9-17(10-8-14)13-7-6-12(11-15-13)20(18,19)16(2)3/h6-7,11H,4-5,8-10H2,1-3H3. The van der Waals surface area contributed by atoms with E-state index in [0.29, 0.717) is 12.4 Å². The van der Waals surface area contributed by atoms with Crippen molar-refractivity contribution in [3.8, 4) is 0 Å². The molecule has 1 rings (SSSR count). The Labute approximate surface area is 126 Å². The Morgan fingerprint density at radius 3 is 2.40 bits per heavy atom. The van der Waals surface area contributed by atoms with Gasteiger partial charge in [0.05, 0.1) is 0 Å². The van der Waals surface area contributed by atoms with Crippen LogP contribution in [0.25, 0.3) is 0 Å². The summed E-state index contributed by atoms with van der Waals surface area (Å²) in [5, 5.41) is 0. The van der Waals surface area contributed by atoms with Crippen molar-refractivity contribution in [2.75, 3.05) is 38.0 Å². The number of pyridine rings is 1. The highest BCUT2D eigenvalue weighted by Crippen LogP contribution is 2.17. The van der Waals surface area contributed by atoms with Crippen LogP contribution in [0.5, 0.6) is 0 Å². The van der Waals surface area contributed by atoms with Crippen molar-refractivity contribution in [1.29, 1.82) is 0 Å². The summed E-state index contributed by atoms with van der Waals surface area (Å²) in [5.74, 6) is 1.28. The van der Waals surface area contributed by atoms with Crippen molar-refractivity contribution in [2.45, 2.75) is 24.7 Å². The normalized spacial score (nSPS) is 11.8. The molecule has 0 radical (unpaired) electrons. The second-order valence-electron chi connectivity index (χ2n) is 4.67. The number of nitrogens with zero attached hydrogens (tertiary/aromatic N) is 3. The number of rotatable bonds is 8. The van der Waals surface area contributed by atoms with E-state index in [-0.39, 0.29) is 4.90 Å². The van der Waals surface area contributed by atoms with Gasteiger partial charge in [-0.2, -0.15) is 0 Å². The SMILES string of the molecule is CCCCN(CCCl)c1ccc(S(=O)(=O)N(C)C)cn1. The van der Waals surface area contributed by atoms with Crippen LogP contribution in [0.4, 0.5) is 5.82 Å². The molecule has 0 aliphatic heterocycles. The number of alkyl halides is 1. The van der Waals surface area contributed by atoms with Crippen molar-refractivity contribution in [1.82, 2.24) is 9.29 Å². The van der Waals surface area contributed by atoms with Crippen LogP contribution in [0.2, 0.25) is 0 Å². The van der Waals surface area contributed by atoms with E-state index >= 15 is 0 Å². The molecule has 1 aromatic heterocycles. The topological polar surface area (TPSA) is 53.5 Å². The van der Waals surface area contributed by atoms with Crippen molar-refractivity contribution in [2.24, 2.45) is 0 Å². The monoisotopic (exact) mass is 319 g/mol. The van der Waals surface area contributed by atoms with Gasteiger partial charge in [0, 0.05) is 39.3 Å². The Hall–Kier alpha value is -0.850. The fraction of sp³-hybridized carbons (Fsp3) is 0.615. The molecule has 0 amide bonds. The first kappa shape index (κ1) is 17.2. The molecule has 0 aliphatic rings. The fourth-order valence-corrected chi connectivity index (χ4v) is 2.77. The van der Waals surface area contributed by atoms with Crippen molar-refractivity contribution in [3.63, 3.8) is 0 Å². The molecule has 0 spiro atoms. The molecule has 0 unspecified atom stereocenters. The van der Waals surface area contributed by atoms with Crippen LogP contribution in [0.3, 0.4) is 0 Å². The zero-order valence-electron chi connectivity index (χ0n) is 12.2. The second-order valence-corrected chi connectivity index (χ2v) is 7.20. The first-order valence-electron chi connectivity index (χ1n) is 6.63. The smallest absolute Gasteiger partial charge is 0.244 e. The van der Waals surface area contributed by atoms with Crippen molar-refractivity contribution < 1.29 is 8.42 Å². The molecule has 0 aliphatic carbocycles. The van der Waals surface area contributed by atoms with E-state index in [9.17, 15) is 8.42 Å². The lowest BCUT2D eigenvalue weighted by Crippen LogP contribution is -2.28. The summed E-state index contributed by atoms with van der Waals surface area (Å²) in [5.41, 5.74) is 0. The van der Waals surface area contributed by atoms with E-state index in [2.05, 4.69) is 16.8 Å². The average Bonchev–Trinajstić information content (AvgIpc) is 2.43. The molecule has 114 valence electrons. The molecule has 0 bridgehead atoms. The predicted octanol–water partition coefficient (Wildman–Crippen LogP) is 2.18. The maximum Gasteiger partial charge on any atom is 0.244 e. The van der Waals surface area contributed by atoms with E-state index in [1.165, 1.54) is 24.6 Å². The number of unbranched alkanes of at least 4 members (excludes halogenated alkanes) is 1. The minimum absolute atomic E-state index is 0.201. The average molecular weight is 320 g/mol. The Kier molecular flexibility index (Phi) is 6.71. The van der Waals surface area contributed by atoms with Gasteiger partial charge in [0.1, 0.15) is 10.7 Å². The highest BCUT2D eigenvalue weighted by Gasteiger charge is 2.18. The van der Waals surface area contributed by atoms with E-state index in [4.69, 9.17) is 11.6 Å². The van der Waals surface area contributed by atoms with Gasteiger partial charge < -0.3 is 4.90 Å². The Balaban J connectivity index is 2.93. The lowest BCUT2D eigenvalue weighted by atomic mass is 10.3. The molecule has 7 heteroatoms. The highest BCUT2D eigenvalue weighted by atomic mass is 35.5. The summed E-state index contributed by atoms with van der Waals surface area (Å²) in [6.07, 6.45) is 3.54. The summed E-state index contributed by atoms with van der Waals surface area (Å²) in [7, 11) is -0.414. The number of anilines is 1. The van der Waals surface area contributed by atoms with Crippen LogP contribution in [0.15, 0.2) is 23.2 Å². The maximum atomic E-state index is 12.0. The molecule has 0 saturated heterocycles. The van der Waals surface area contributed by atoms with Gasteiger partial charge in [0.2, 0.25) is 10.0 Å². The first-order chi connectivity index (χ1) is 9.43. The van der Waals surface area contributed by atoms with E-state index in [1.807, 2.05) is 0 Å². The minimum atomic E-state index is -3.42. The molecule has 0 aromatic carbocycles. The Bertz CT molecular complexity index is 503. The fourth-order valence-electron chi connectivity index (χ4n) is 1.71. The molecule has 0 atom stereocenters. The minimum Gasteiger partial charge on any atom is -0.355 e. The zero-order valence-corrected chi connectivity index (χ0v) is 13.8. The quantitative estimate of drug-likeness (QED) is 0.689. The lowest BCUT2D eigenvalue weighted by Gasteiger charge is -2.22. The molecule has 1 aromatic rings. The maximum absolute atomic E-state index is 12.0. The van der Waals surface area contributed by atoms with Gasteiger partial charge in [-0.3, -0.25) is 0 Å². The zero-order chi connectivity index (χ0) is 15.2. The number of halogens is 1. The van der Waals surface area contributed by atoms with Gasteiger partial charge in [0.25, 0.3) is 0 Å². The van der Waals surface area contributed by atoms with Crippen LogP contribution >= 0.6 is 11.6 Å². The summed E-state index contributed by atoms with van der Waals surface area (Å²) in [6.45, 7) is 3.70. The summed E-state index contributed by atoms with van der Waals surface area (Å²) >= 11 is 5.80. The van der Waals surface area contributed by atoms with Crippen LogP contribution in [-0.2, 0) is 10.0 Å². The highest BCUT2D eigenvalue weighted by molar-refractivity contribution is 7.89. The molecule has 0 fully saturated rings.